The first-order valence-corrected chi connectivity index (χ1v) is 38.9. The number of carbonyl (C=O) groups excluding carboxylic acids is 2. The van der Waals surface area contributed by atoms with Gasteiger partial charge in [-0.1, -0.05) is 377 Å². The average molecular weight is 1210 g/mol. The minimum Gasteiger partial charge on any atom is -0.466 e. The topological polar surface area (TPSA) is 95.9 Å². The fourth-order valence-electron chi connectivity index (χ4n) is 12.2. The Labute approximate surface area is 537 Å². The molecule has 0 saturated carbocycles. The Balaban J connectivity index is 3.37. The molecule has 1 amide bonds. The van der Waals surface area contributed by atoms with Gasteiger partial charge < -0.3 is 20.3 Å². The molecule has 0 aromatic rings. The van der Waals surface area contributed by atoms with E-state index < -0.39 is 12.1 Å². The zero-order valence-corrected chi connectivity index (χ0v) is 58.1. The molecule has 0 aliphatic rings. The van der Waals surface area contributed by atoms with Crippen LogP contribution in [0.4, 0.5) is 0 Å². The van der Waals surface area contributed by atoms with E-state index in [0.717, 1.165) is 57.8 Å². The Morgan fingerprint density at radius 1 is 0.326 bits per heavy atom. The molecule has 2 atom stereocenters. The van der Waals surface area contributed by atoms with Gasteiger partial charge in [-0.15, -0.1) is 0 Å². The number of aliphatic hydroxyl groups excluding tert-OH is 2. The van der Waals surface area contributed by atoms with Gasteiger partial charge in [-0.3, -0.25) is 9.59 Å². The van der Waals surface area contributed by atoms with E-state index in [2.05, 4.69) is 67.8 Å². The third-order valence-corrected chi connectivity index (χ3v) is 18.1. The average Bonchev–Trinajstić information content (AvgIpc) is 3.55. The van der Waals surface area contributed by atoms with Crippen molar-refractivity contribution in [2.45, 2.75) is 437 Å². The highest BCUT2D eigenvalue weighted by Gasteiger charge is 2.20. The standard InChI is InChI=1S/C80H151NO5/c1-3-5-7-9-11-13-15-17-19-20-42-45-48-52-56-60-64-68-72-78(83)77(76-82)81-79(84)73-69-65-61-57-53-49-46-43-40-38-36-34-32-30-28-26-24-22-21-23-25-27-29-31-33-35-37-39-41-44-47-51-55-59-63-67-71-75-86-80(85)74-70-66-62-58-54-50-18-16-14-12-10-8-6-4-2/h10,12,16,18,21,23,27,29,77-78,82-83H,3-9,11,13-15,17,19-20,22,24-26,28,30-76H2,1-2H3,(H,81,84)/b12-10-,18-16-,23-21-,29-27-. The van der Waals surface area contributed by atoms with E-state index in [1.165, 1.54) is 334 Å². The van der Waals surface area contributed by atoms with Crippen molar-refractivity contribution in [3.63, 3.8) is 0 Å². The lowest BCUT2D eigenvalue weighted by atomic mass is 10.0. The summed E-state index contributed by atoms with van der Waals surface area (Å²) in [6.07, 6.45) is 99.1. The number of rotatable bonds is 73. The normalized spacial score (nSPS) is 12.7. The molecular weight excluding hydrogens is 1050 g/mol. The fourth-order valence-corrected chi connectivity index (χ4v) is 12.2. The van der Waals surface area contributed by atoms with Crippen LogP contribution in [0.1, 0.15) is 425 Å². The van der Waals surface area contributed by atoms with Crippen molar-refractivity contribution in [3.8, 4) is 0 Å². The van der Waals surface area contributed by atoms with Gasteiger partial charge >= 0.3 is 5.97 Å². The Kier molecular flexibility index (Phi) is 73.4. The molecule has 0 radical (unpaired) electrons. The van der Waals surface area contributed by atoms with E-state index in [1.807, 2.05) is 0 Å². The van der Waals surface area contributed by atoms with Gasteiger partial charge in [-0.2, -0.15) is 0 Å². The molecule has 0 fully saturated rings. The number of aliphatic hydroxyl groups is 2. The number of hydrogen-bond donors (Lipinski definition) is 3. The molecule has 0 saturated heterocycles. The van der Waals surface area contributed by atoms with Gasteiger partial charge in [-0.25, -0.2) is 0 Å². The van der Waals surface area contributed by atoms with Crippen LogP contribution in [0.3, 0.4) is 0 Å². The first-order valence-electron chi connectivity index (χ1n) is 38.9. The quantitative estimate of drug-likeness (QED) is 0.0320. The van der Waals surface area contributed by atoms with Gasteiger partial charge in [0.2, 0.25) is 5.91 Å². The van der Waals surface area contributed by atoms with Gasteiger partial charge in [-0.05, 0) is 83.5 Å². The minimum absolute atomic E-state index is 0.00433. The number of nitrogens with one attached hydrogen (secondary N) is 1. The largest absolute Gasteiger partial charge is 0.466 e. The smallest absolute Gasteiger partial charge is 0.305 e. The molecule has 2 unspecified atom stereocenters. The molecule has 3 N–H and O–H groups in total. The molecule has 0 aliphatic heterocycles. The lowest BCUT2D eigenvalue weighted by molar-refractivity contribution is -0.143. The highest BCUT2D eigenvalue weighted by molar-refractivity contribution is 5.76. The Morgan fingerprint density at radius 3 is 0.919 bits per heavy atom. The summed E-state index contributed by atoms with van der Waals surface area (Å²) in [4.78, 5) is 24.6. The zero-order valence-electron chi connectivity index (χ0n) is 58.1. The van der Waals surface area contributed by atoms with Crippen molar-refractivity contribution in [3.05, 3.63) is 48.6 Å². The van der Waals surface area contributed by atoms with Crippen molar-refractivity contribution in [2.75, 3.05) is 13.2 Å². The van der Waals surface area contributed by atoms with E-state index in [-0.39, 0.29) is 18.5 Å². The summed E-state index contributed by atoms with van der Waals surface area (Å²) < 4.78 is 5.48. The van der Waals surface area contributed by atoms with E-state index >= 15 is 0 Å². The van der Waals surface area contributed by atoms with Crippen molar-refractivity contribution in [1.82, 2.24) is 5.32 Å². The highest BCUT2D eigenvalue weighted by Crippen LogP contribution is 2.19. The summed E-state index contributed by atoms with van der Waals surface area (Å²) in [6.45, 7) is 4.94. The van der Waals surface area contributed by atoms with Crippen LogP contribution in [-0.2, 0) is 14.3 Å². The summed E-state index contributed by atoms with van der Waals surface area (Å²) in [7, 11) is 0. The van der Waals surface area contributed by atoms with Crippen LogP contribution in [0.25, 0.3) is 0 Å². The minimum atomic E-state index is -0.663. The van der Waals surface area contributed by atoms with Crippen molar-refractivity contribution >= 4 is 11.9 Å². The highest BCUT2D eigenvalue weighted by atomic mass is 16.5. The maximum Gasteiger partial charge on any atom is 0.305 e. The predicted molar refractivity (Wildman–Crippen MR) is 379 cm³/mol. The molecule has 0 aliphatic carbocycles. The first kappa shape index (κ1) is 83.8. The Morgan fingerprint density at radius 2 is 0.593 bits per heavy atom. The van der Waals surface area contributed by atoms with E-state index in [1.54, 1.807) is 0 Å². The number of unbranched alkanes of at least 4 members (excludes halogenated alkanes) is 54. The summed E-state index contributed by atoms with van der Waals surface area (Å²) in [6, 6.07) is -0.540. The van der Waals surface area contributed by atoms with Gasteiger partial charge in [0.05, 0.1) is 25.4 Å². The van der Waals surface area contributed by atoms with Gasteiger partial charge in [0, 0.05) is 12.8 Å². The molecule has 6 nitrogen and oxygen atoms in total. The molecule has 0 rings (SSSR count). The van der Waals surface area contributed by atoms with Crippen LogP contribution < -0.4 is 5.32 Å². The van der Waals surface area contributed by atoms with Crippen LogP contribution in [0.15, 0.2) is 48.6 Å². The second-order valence-electron chi connectivity index (χ2n) is 26.7. The number of allylic oxidation sites excluding steroid dienone is 8. The summed E-state index contributed by atoms with van der Waals surface area (Å²) in [5, 5.41) is 23.4. The Bertz CT molecular complexity index is 1440. The number of ether oxygens (including phenoxy) is 1. The molecule has 0 spiro atoms. The zero-order chi connectivity index (χ0) is 62.0. The van der Waals surface area contributed by atoms with Crippen LogP contribution >= 0.6 is 0 Å². The molecule has 6 heteroatoms. The molecule has 0 aromatic carbocycles. The lowest BCUT2D eigenvalue weighted by Crippen LogP contribution is -2.45. The van der Waals surface area contributed by atoms with Crippen LogP contribution in [0.5, 0.6) is 0 Å². The number of amides is 1. The lowest BCUT2D eigenvalue weighted by Gasteiger charge is -2.22. The SMILES string of the molecule is CCCC/C=C\C/C=C\CCCCCCCC(=O)OCCCCCCCCCCCCCCC/C=C\C/C=C\CCCCCCCCCCCCCCCCCCCC(=O)NC(CO)C(O)CCCCCCCCCCCCCCCCCCCC. The second-order valence-corrected chi connectivity index (χ2v) is 26.7. The van der Waals surface area contributed by atoms with Crippen LogP contribution in [0.2, 0.25) is 0 Å². The number of hydrogen-bond acceptors (Lipinski definition) is 5. The molecule has 506 valence electrons. The summed E-state index contributed by atoms with van der Waals surface area (Å²) in [5.41, 5.74) is 0. The van der Waals surface area contributed by atoms with Gasteiger partial charge in [0.15, 0.2) is 0 Å². The van der Waals surface area contributed by atoms with E-state index in [9.17, 15) is 19.8 Å². The Hall–Kier alpha value is -2.18. The predicted octanol–water partition coefficient (Wildman–Crippen LogP) is 25.6. The monoisotopic (exact) mass is 1210 g/mol. The molecule has 86 heavy (non-hydrogen) atoms. The second kappa shape index (κ2) is 75.3. The van der Waals surface area contributed by atoms with Crippen molar-refractivity contribution < 1.29 is 24.5 Å². The summed E-state index contributed by atoms with van der Waals surface area (Å²) in [5.74, 6) is -0.0241. The van der Waals surface area contributed by atoms with Crippen LogP contribution in [0, 0.1) is 0 Å². The van der Waals surface area contributed by atoms with Crippen molar-refractivity contribution in [1.29, 1.82) is 0 Å². The third-order valence-electron chi connectivity index (χ3n) is 18.1. The summed E-state index contributed by atoms with van der Waals surface area (Å²) >= 11 is 0. The molecule has 0 aromatic heterocycles. The van der Waals surface area contributed by atoms with E-state index in [4.69, 9.17) is 4.74 Å². The molecule has 0 bridgehead atoms. The number of esters is 1. The van der Waals surface area contributed by atoms with Gasteiger partial charge in [0.25, 0.3) is 0 Å². The maximum atomic E-state index is 12.5. The fraction of sp³-hybridized carbons (Fsp3) is 0.875. The van der Waals surface area contributed by atoms with Gasteiger partial charge in [0.1, 0.15) is 0 Å². The van der Waals surface area contributed by atoms with Crippen LogP contribution in [-0.4, -0.2) is 47.4 Å². The molecular formula is C80H151NO5. The first-order chi connectivity index (χ1) is 42.5. The third kappa shape index (κ3) is 70.9. The number of carbonyl (C=O) groups is 2. The van der Waals surface area contributed by atoms with Crippen molar-refractivity contribution in [2.24, 2.45) is 0 Å². The molecule has 0 heterocycles. The maximum absolute atomic E-state index is 12.5. The van der Waals surface area contributed by atoms with E-state index in [0.29, 0.717) is 25.9 Å².